The van der Waals surface area contributed by atoms with Gasteiger partial charge in [-0.25, -0.2) is 14.2 Å². The number of hydrogen-bond acceptors (Lipinski definition) is 7. The number of nitrogens with zero attached hydrogens (tertiary/aromatic N) is 3. The summed E-state index contributed by atoms with van der Waals surface area (Å²) in [5.74, 6) is -2.07. The molecule has 9 nitrogen and oxygen atoms in total. The highest BCUT2D eigenvalue weighted by molar-refractivity contribution is 6.01. The number of carboxylic acid groups (broad SMARTS) is 1. The first-order valence-corrected chi connectivity index (χ1v) is 9.37. The van der Waals surface area contributed by atoms with E-state index in [0.29, 0.717) is 16.8 Å². The van der Waals surface area contributed by atoms with E-state index in [-0.39, 0.29) is 23.6 Å². The van der Waals surface area contributed by atoms with Crippen LogP contribution in [-0.2, 0) is 11.3 Å². The van der Waals surface area contributed by atoms with Gasteiger partial charge >= 0.3 is 5.97 Å². The molecule has 0 aliphatic carbocycles. The number of primary amides is 1. The second kappa shape index (κ2) is 8.00. The van der Waals surface area contributed by atoms with E-state index >= 15 is 0 Å². The normalized spacial score (nSPS) is 15.8. The van der Waals surface area contributed by atoms with Gasteiger partial charge in [-0.2, -0.15) is 0 Å². The molecule has 10 heteroatoms. The molecule has 1 aliphatic rings. The van der Waals surface area contributed by atoms with Crippen LogP contribution in [0.4, 0.5) is 15.9 Å². The Balaban J connectivity index is 1.91. The maximum absolute atomic E-state index is 13.5. The van der Waals surface area contributed by atoms with E-state index in [1.807, 2.05) is 0 Å². The zero-order valence-electron chi connectivity index (χ0n) is 16.2. The van der Waals surface area contributed by atoms with Gasteiger partial charge in [0.1, 0.15) is 18.0 Å². The number of pyridine rings is 2. The lowest BCUT2D eigenvalue weighted by atomic mass is 10.0. The molecule has 0 spiro atoms. The number of hydrogen-bond donors (Lipinski definition) is 4. The highest BCUT2D eigenvalue weighted by atomic mass is 19.1. The van der Waals surface area contributed by atoms with Crippen LogP contribution in [0.1, 0.15) is 39.4 Å². The highest BCUT2D eigenvalue weighted by Crippen LogP contribution is 2.46. The van der Waals surface area contributed by atoms with Gasteiger partial charge in [-0.1, -0.05) is 18.2 Å². The third-order valence-electron chi connectivity index (χ3n) is 5.07. The molecule has 4 rings (SSSR count). The van der Waals surface area contributed by atoms with Crippen molar-refractivity contribution >= 4 is 23.4 Å². The van der Waals surface area contributed by atoms with Crippen molar-refractivity contribution in [2.24, 2.45) is 11.5 Å². The summed E-state index contributed by atoms with van der Waals surface area (Å²) in [4.78, 5) is 34.6. The number of rotatable bonds is 6. The molecule has 2 unspecified atom stereocenters. The van der Waals surface area contributed by atoms with Gasteiger partial charge in [0.05, 0.1) is 16.9 Å². The Morgan fingerprint density at radius 2 is 1.90 bits per heavy atom. The van der Waals surface area contributed by atoms with Gasteiger partial charge in [0.2, 0.25) is 5.91 Å². The molecule has 158 valence electrons. The monoisotopic (exact) mass is 422 g/mol. The number of carboxylic acids is 1. The van der Waals surface area contributed by atoms with Crippen molar-refractivity contribution in [2.75, 3.05) is 10.2 Å². The number of carbonyl (C=O) groups excluding carboxylic acids is 1. The van der Waals surface area contributed by atoms with Crippen LogP contribution in [0.2, 0.25) is 0 Å². The Bertz CT molecular complexity index is 1140. The minimum Gasteiger partial charge on any atom is -0.478 e. The van der Waals surface area contributed by atoms with Gasteiger partial charge in [-0.3, -0.25) is 9.78 Å². The van der Waals surface area contributed by atoms with Crippen molar-refractivity contribution in [2.45, 2.75) is 18.8 Å². The number of anilines is 2. The van der Waals surface area contributed by atoms with Crippen LogP contribution in [-0.4, -0.2) is 27.0 Å². The fraction of sp³-hybridized carbons (Fsp3) is 0.143. The van der Waals surface area contributed by atoms with E-state index in [1.54, 1.807) is 29.2 Å². The van der Waals surface area contributed by atoms with Crippen LogP contribution in [0.3, 0.4) is 0 Å². The maximum atomic E-state index is 13.5. The van der Waals surface area contributed by atoms with Crippen molar-refractivity contribution in [1.29, 1.82) is 0 Å². The minimum absolute atomic E-state index is 0.0556. The van der Waals surface area contributed by atoms with Crippen LogP contribution in [0.25, 0.3) is 0 Å². The molecule has 6 N–H and O–H groups in total. The lowest BCUT2D eigenvalue weighted by Crippen LogP contribution is -2.40. The van der Waals surface area contributed by atoms with Crippen molar-refractivity contribution in [3.63, 3.8) is 0 Å². The molecule has 0 saturated heterocycles. The lowest BCUT2D eigenvalue weighted by molar-refractivity contribution is -0.119. The molecule has 0 radical (unpaired) electrons. The Hall–Kier alpha value is -4.05. The minimum atomic E-state index is -1.19. The number of nitrogens with two attached hydrogens (primary N) is 2. The predicted molar refractivity (Wildman–Crippen MR) is 111 cm³/mol. The SMILES string of the molecule is NCc1ccc(C(C(N)=O)N2c3c(C(=O)O)ccnc3NC2c2ccc(F)cc2)cn1. The topological polar surface area (TPSA) is 147 Å². The van der Waals surface area contributed by atoms with Crippen LogP contribution in [0.5, 0.6) is 0 Å². The number of aromatic nitrogens is 2. The molecule has 2 aromatic heterocycles. The lowest BCUT2D eigenvalue weighted by Gasteiger charge is -2.33. The smallest absolute Gasteiger partial charge is 0.338 e. The van der Waals surface area contributed by atoms with Crippen molar-refractivity contribution < 1.29 is 19.1 Å². The first-order chi connectivity index (χ1) is 14.9. The molecule has 0 saturated carbocycles. The quantitative estimate of drug-likeness (QED) is 0.471. The summed E-state index contributed by atoms with van der Waals surface area (Å²) in [5.41, 5.74) is 13.2. The summed E-state index contributed by atoms with van der Waals surface area (Å²) < 4.78 is 13.5. The Labute approximate surface area is 176 Å². The van der Waals surface area contributed by atoms with E-state index in [0.717, 1.165) is 0 Å². The van der Waals surface area contributed by atoms with E-state index < -0.39 is 29.9 Å². The van der Waals surface area contributed by atoms with Crippen LogP contribution in [0, 0.1) is 5.82 Å². The summed E-state index contributed by atoms with van der Waals surface area (Å²) >= 11 is 0. The van der Waals surface area contributed by atoms with Crippen LogP contribution in [0.15, 0.2) is 54.9 Å². The second-order valence-electron chi connectivity index (χ2n) is 6.96. The largest absolute Gasteiger partial charge is 0.478 e. The molecule has 2 atom stereocenters. The van der Waals surface area contributed by atoms with Crippen LogP contribution < -0.4 is 21.7 Å². The zero-order chi connectivity index (χ0) is 22.1. The standard InChI is InChI=1S/C21H19FN6O3/c22-13-4-1-11(2-5-13)20-27-19-17(15(21(30)31)7-8-25-19)28(20)16(18(24)29)12-3-6-14(9-23)26-10-12/h1-8,10,16,20H,9,23H2,(H2,24,29)(H,25,27)(H,30,31). The van der Waals surface area contributed by atoms with Gasteiger partial charge < -0.3 is 26.8 Å². The van der Waals surface area contributed by atoms with E-state index in [1.165, 1.54) is 30.6 Å². The van der Waals surface area contributed by atoms with E-state index in [4.69, 9.17) is 11.5 Å². The van der Waals surface area contributed by atoms with Gasteiger partial charge in [-0.15, -0.1) is 0 Å². The fourth-order valence-corrected chi connectivity index (χ4v) is 3.67. The Morgan fingerprint density at radius 1 is 1.16 bits per heavy atom. The molecule has 1 amide bonds. The fourth-order valence-electron chi connectivity index (χ4n) is 3.67. The molecular formula is C21H19FN6O3. The second-order valence-corrected chi connectivity index (χ2v) is 6.96. The number of halogens is 1. The van der Waals surface area contributed by atoms with Crippen molar-refractivity contribution in [3.05, 3.63) is 83.1 Å². The Morgan fingerprint density at radius 3 is 2.48 bits per heavy atom. The van der Waals surface area contributed by atoms with Gasteiger partial charge in [0, 0.05) is 24.5 Å². The van der Waals surface area contributed by atoms with Gasteiger partial charge in [0.25, 0.3) is 0 Å². The molecule has 3 aromatic rings. The van der Waals surface area contributed by atoms with Crippen molar-refractivity contribution in [3.8, 4) is 0 Å². The van der Waals surface area contributed by atoms with Crippen LogP contribution >= 0.6 is 0 Å². The first kappa shape index (κ1) is 20.2. The summed E-state index contributed by atoms with van der Waals surface area (Å²) in [6.07, 6.45) is 2.11. The zero-order valence-corrected chi connectivity index (χ0v) is 16.2. The van der Waals surface area contributed by atoms with E-state index in [2.05, 4.69) is 15.3 Å². The van der Waals surface area contributed by atoms with Gasteiger partial charge in [-0.05, 0) is 29.8 Å². The molecule has 0 bridgehead atoms. The summed E-state index contributed by atoms with van der Waals surface area (Å²) in [7, 11) is 0. The number of nitrogens with one attached hydrogen (secondary N) is 1. The summed E-state index contributed by atoms with van der Waals surface area (Å²) in [5, 5.41) is 12.9. The molecule has 1 aliphatic heterocycles. The average molecular weight is 422 g/mol. The van der Waals surface area contributed by atoms with Gasteiger partial charge in [0.15, 0.2) is 5.82 Å². The Kier molecular flexibility index (Phi) is 5.22. The molecule has 0 fully saturated rings. The third-order valence-corrected chi connectivity index (χ3v) is 5.07. The highest BCUT2D eigenvalue weighted by Gasteiger charge is 2.41. The molecule has 31 heavy (non-hydrogen) atoms. The summed E-state index contributed by atoms with van der Waals surface area (Å²) in [6, 6.07) is 9.24. The number of carbonyl (C=O) groups is 2. The number of fused-ring (bicyclic) bond motifs is 1. The average Bonchev–Trinajstić information content (AvgIpc) is 3.14. The maximum Gasteiger partial charge on any atom is 0.338 e. The molecule has 1 aromatic carbocycles. The number of amides is 1. The number of benzene rings is 1. The van der Waals surface area contributed by atoms with E-state index in [9.17, 15) is 19.1 Å². The predicted octanol–water partition coefficient (Wildman–Crippen LogP) is 1.93. The van der Waals surface area contributed by atoms with Crippen molar-refractivity contribution in [1.82, 2.24) is 9.97 Å². The molecule has 3 heterocycles. The first-order valence-electron chi connectivity index (χ1n) is 9.37. The summed E-state index contributed by atoms with van der Waals surface area (Å²) in [6.45, 7) is 0.223. The molecular weight excluding hydrogens is 403 g/mol. The third kappa shape index (κ3) is 3.64. The number of aromatic carboxylic acids is 1.